The summed E-state index contributed by atoms with van der Waals surface area (Å²) in [5, 5.41) is 7.38. The summed E-state index contributed by atoms with van der Waals surface area (Å²) in [6.45, 7) is 4.76. The molecule has 0 N–H and O–H groups in total. The summed E-state index contributed by atoms with van der Waals surface area (Å²) < 4.78 is 4.97. The average Bonchev–Trinajstić information content (AvgIpc) is 4.04. The third-order valence-corrected chi connectivity index (χ3v) is 17.9. The third-order valence-electron chi connectivity index (χ3n) is 17.9. The van der Waals surface area contributed by atoms with Crippen molar-refractivity contribution in [2.75, 3.05) is 4.90 Å². The first-order valence-corrected chi connectivity index (χ1v) is 27.0. The van der Waals surface area contributed by atoms with Crippen LogP contribution in [0, 0.1) is 0 Å². The van der Waals surface area contributed by atoms with E-state index in [2.05, 4.69) is 289 Å². The lowest BCUT2D eigenvalue weighted by atomic mass is 9.70. The Morgan fingerprint density at radius 2 is 0.714 bits per heavy atom. The molecule has 1 spiro atoms. The molecule has 0 amide bonds. The van der Waals surface area contributed by atoms with Crippen molar-refractivity contribution in [3.63, 3.8) is 0 Å². The van der Waals surface area contributed by atoms with Crippen molar-refractivity contribution in [2.24, 2.45) is 0 Å². The SMILES string of the molecule is CC1(C)c2ccccc2-c2ccc(-n3c4cc(N(c5ccc6c(c5)C5(c7ccccc7-c7ccccc75)c5ccccc5-6)c5ccc6c7ccccc7n(-c7ccccc7)c6c5)ccc4c4cc5ccccc5cc43)cc21. The maximum atomic E-state index is 2.54. The number of benzene rings is 12. The van der Waals surface area contributed by atoms with Gasteiger partial charge in [-0.3, -0.25) is 0 Å². The predicted molar refractivity (Wildman–Crippen MR) is 321 cm³/mol. The van der Waals surface area contributed by atoms with Crippen LogP contribution in [0.25, 0.3) is 99.1 Å². The van der Waals surface area contributed by atoms with Gasteiger partial charge in [-0.05, 0) is 156 Å². The van der Waals surface area contributed by atoms with Gasteiger partial charge in [0.25, 0.3) is 0 Å². The highest BCUT2D eigenvalue weighted by Gasteiger charge is 2.51. The molecule has 3 aliphatic carbocycles. The zero-order valence-electron chi connectivity index (χ0n) is 42.7. The van der Waals surface area contributed by atoms with Gasteiger partial charge in [0.2, 0.25) is 0 Å². The second-order valence-corrected chi connectivity index (χ2v) is 22.0. The summed E-state index contributed by atoms with van der Waals surface area (Å²) in [4.78, 5) is 2.52. The van der Waals surface area contributed by atoms with E-state index in [0.29, 0.717) is 0 Å². The molecule has 0 fully saturated rings. The van der Waals surface area contributed by atoms with E-state index in [9.17, 15) is 0 Å². The van der Waals surface area contributed by atoms with Crippen molar-refractivity contribution in [3.05, 3.63) is 294 Å². The van der Waals surface area contributed by atoms with Crippen LogP contribution in [0.1, 0.15) is 47.2 Å². The molecule has 0 atom stereocenters. The van der Waals surface area contributed by atoms with Crippen LogP contribution in [0.5, 0.6) is 0 Å². The van der Waals surface area contributed by atoms with Gasteiger partial charge in [-0.15, -0.1) is 0 Å². The van der Waals surface area contributed by atoms with Crippen molar-refractivity contribution in [1.82, 2.24) is 9.13 Å². The molecular formula is C74H49N3. The Balaban J connectivity index is 0.955. The van der Waals surface area contributed by atoms with Crippen LogP contribution in [-0.2, 0) is 10.8 Å². The van der Waals surface area contributed by atoms with Gasteiger partial charge in [-0.2, -0.15) is 0 Å². The van der Waals surface area contributed by atoms with Crippen LogP contribution in [-0.4, -0.2) is 9.13 Å². The van der Waals surface area contributed by atoms with Gasteiger partial charge in [0.05, 0.1) is 27.5 Å². The number of nitrogens with zero attached hydrogens (tertiary/aromatic N) is 3. The topological polar surface area (TPSA) is 13.1 Å². The maximum Gasteiger partial charge on any atom is 0.0726 e. The maximum absolute atomic E-state index is 2.54. The molecule has 3 heteroatoms. The van der Waals surface area contributed by atoms with E-state index in [1.165, 1.54) is 110 Å². The Hall–Kier alpha value is -9.70. The highest BCUT2D eigenvalue weighted by molar-refractivity contribution is 6.15. The summed E-state index contributed by atoms with van der Waals surface area (Å²) in [5.74, 6) is 0. The fourth-order valence-corrected chi connectivity index (χ4v) is 14.6. The van der Waals surface area contributed by atoms with Gasteiger partial charge in [0.15, 0.2) is 0 Å². The monoisotopic (exact) mass is 979 g/mol. The molecule has 12 aromatic carbocycles. The first-order valence-electron chi connectivity index (χ1n) is 27.0. The minimum atomic E-state index is -0.496. The van der Waals surface area contributed by atoms with Crippen LogP contribution in [0.3, 0.4) is 0 Å². The fourth-order valence-electron chi connectivity index (χ4n) is 14.6. The largest absolute Gasteiger partial charge is 0.310 e. The zero-order valence-corrected chi connectivity index (χ0v) is 42.7. The number of anilines is 3. The highest BCUT2D eigenvalue weighted by Crippen LogP contribution is 2.63. The average molecular weight is 980 g/mol. The molecular weight excluding hydrogens is 931 g/mol. The minimum absolute atomic E-state index is 0.152. The second-order valence-electron chi connectivity index (χ2n) is 22.0. The second kappa shape index (κ2) is 15.4. The number of hydrogen-bond donors (Lipinski definition) is 0. The molecule has 2 heterocycles. The molecule has 2 aromatic heterocycles. The standard InChI is InChI=1S/C74H49N3/c1-73(2)63-27-13-8-22-53(63)57-36-33-50(42-67(57)73)77-70-41-47-19-7-6-18-46(47)40-62(70)61-39-35-52(45-72(61)77)75(51-34-38-60-59-26-12-17-31-69(59)76(71(60)44-51)48-20-4-3-5-21-48)49-32-37-58-56-25-11-16-30-66(56)74(68(58)43-49)64-28-14-9-23-54(64)55-24-10-15-29-65(55)74/h3-45H,1-2H3. The molecule has 0 radical (unpaired) electrons. The molecule has 17 rings (SSSR count). The van der Waals surface area contributed by atoms with Crippen LogP contribution in [0.4, 0.5) is 17.1 Å². The number of aromatic nitrogens is 2. The molecule has 0 saturated carbocycles. The van der Waals surface area contributed by atoms with Crippen molar-refractivity contribution < 1.29 is 0 Å². The van der Waals surface area contributed by atoms with Gasteiger partial charge in [0, 0.05) is 55.4 Å². The Kier molecular flexibility index (Phi) is 8.55. The normalized spacial score (nSPS) is 14.1. The number of rotatable bonds is 5. The lowest BCUT2D eigenvalue weighted by Gasteiger charge is -2.32. The summed E-state index contributed by atoms with van der Waals surface area (Å²) in [5.41, 5.74) is 25.5. The van der Waals surface area contributed by atoms with Crippen molar-refractivity contribution in [1.29, 1.82) is 0 Å². The van der Waals surface area contributed by atoms with E-state index < -0.39 is 5.41 Å². The number of para-hydroxylation sites is 2. The third kappa shape index (κ3) is 5.65. The molecule has 3 aliphatic rings. The van der Waals surface area contributed by atoms with E-state index in [1.54, 1.807) is 0 Å². The van der Waals surface area contributed by atoms with Crippen molar-refractivity contribution in [3.8, 4) is 44.8 Å². The molecule has 0 bridgehead atoms. The Bertz CT molecular complexity index is 4790. The first kappa shape index (κ1) is 42.6. The molecule has 0 unspecified atom stereocenters. The lowest BCUT2D eigenvalue weighted by Crippen LogP contribution is -2.26. The van der Waals surface area contributed by atoms with Crippen molar-refractivity contribution >= 4 is 71.4 Å². The Morgan fingerprint density at radius 1 is 0.273 bits per heavy atom. The Morgan fingerprint density at radius 3 is 1.38 bits per heavy atom. The summed E-state index contributed by atoms with van der Waals surface area (Å²) >= 11 is 0. The number of fused-ring (bicyclic) bond motifs is 20. The fraction of sp³-hybridized carbons (Fsp3) is 0.0541. The minimum Gasteiger partial charge on any atom is -0.310 e. The van der Waals surface area contributed by atoms with Crippen LogP contribution in [0.15, 0.2) is 261 Å². The number of hydrogen-bond acceptors (Lipinski definition) is 1. The predicted octanol–water partition coefficient (Wildman–Crippen LogP) is 19.2. The van der Waals surface area contributed by atoms with E-state index >= 15 is 0 Å². The van der Waals surface area contributed by atoms with Gasteiger partial charge >= 0.3 is 0 Å². The van der Waals surface area contributed by atoms with E-state index in [-0.39, 0.29) is 5.41 Å². The summed E-state index contributed by atoms with van der Waals surface area (Å²) in [6, 6.07) is 98.4. The van der Waals surface area contributed by atoms with Gasteiger partial charge in [0.1, 0.15) is 0 Å². The lowest BCUT2D eigenvalue weighted by molar-refractivity contribution is 0.660. The molecule has 3 nitrogen and oxygen atoms in total. The van der Waals surface area contributed by atoms with Crippen LogP contribution in [0.2, 0.25) is 0 Å². The molecule has 14 aromatic rings. The molecule has 0 saturated heterocycles. The highest BCUT2D eigenvalue weighted by atomic mass is 15.1. The molecule has 77 heavy (non-hydrogen) atoms. The summed E-state index contributed by atoms with van der Waals surface area (Å²) in [7, 11) is 0. The quantitative estimate of drug-likeness (QED) is 0.167. The van der Waals surface area contributed by atoms with E-state index in [0.717, 1.165) is 39.5 Å². The Labute approximate surface area is 446 Å². The zero-order chi connectivity index (χ0) is 50.7. The van der Waals surface area contributed by atoms with Crippen LogP contribution >= 0.6 is 0 Å². The van der Waals surface area contributed by atoms with Crippen LogP contribution < -0.4 is 4.90 Å². The van der Waals surface area contributed by atoms with E-state index in [4.69, 9.17) is 0 Å². The van der Waals surface area contributed by atoms with E-state index in [1.807, 2.05) is 0 Å². The van der Waals surface area contributed by atoms with Crippen molar-refractivity contribution in [2.45, 2.75) is 24.7 Å². The van der Waals surface area contributed by atoms with Gasteiger partial charge in [-0.1, -0.05) is 196 Å². The first-order chi connectivity index (χ1) is 37.9. The molecule has 360 valence electrons. The molecule has 0 aliphatic heterocycles. The summed E-state index contributed by atoms with van der Waals surface area (Å²) in [6.07, 6.45) is 0. The van der Waals surface area contributed by atoms with Gasteiger partial charge < -0.3 is 14.0 Å². The smallest absolute Gasteiger partial charge is 0.0726 e. The van der Waals surface area contributed by atoms with Gasteiger partial charge in [-0.25, -0.2) is 0 Å².